The van der Waals surface area contributed by atoms with E-state index in [1.807, 2.05) is 0 Å². The van der Waals surface area contributed by atoms with Crippen LogP contribution in [-0.4, -0.2) is 30.3 Å². The highest BCUT2D eigenvalue weighted by atomic mass is 19.3. The van der Waals surface area contributed by atoms with Gasteiger partial charge in [-0.3, -0.25) is 4.79 Å². The number of anilines is 1. The summed E-state index contributed by atoms with van der Waals surface area (Å²) in [5, 5.41) is 0. The molecule has 0 bridgehead atoms. The highest BCUT2D eigenvalue weighted by Gasteiger charge is 2.26. The van der Waals surface area contributed by atoms with E-state index in [2.05, 4.69) is 0 Å². The van der Waals surface area contributed by atoms with Crippen LogP contribution >= 0.6 is 0 Å². The predicted molar refractivity (Wildman–Crippen MR) is 56.5 cm³/mol. The van der Waals surface area contributed by atoms with Crippen molar-refractivity contribution in [1.82, 2.24) is 4.90 Å². The van der Waals surface area contributed by atoms with E-state index in [0.29, 0.717) is 24.2 Å². The lowest BCUT2D eigenvalue weighted by Crippen LogP contribution is -2.40. The summed E-state index contributed by atoms with van der Waals surface area (Å²) < 4.78 is 24.5. The monoisotopic (exact) mass is 226 g/mol. The number of hydrogen-bond acceptors (Lipinski definition) is 2. The second kappa shape index (κ2) is 4.08. The SMILES string of the molecule is Nc1ccc2c(c1)C(=O)N(CC(F)F)CC2. The molecule has 0 saturated carbocycles. The molecule has 1 aromatic carbocycles. The lowest BCUT2D eigenvalue weighted by atomic mass is 9.98. The van der Waals surface area contributed by atoms with Gasteiger partial charge in [-0.25, -0.2) is 8.78 Å². The van der Waals surface area contributed by atoms with Gasteiger partial charge in [0.2, 0.25) is 0 Å². The van der Waals surface area contributed by atoms with Gasteiger partial charge in [-0.1, -0.05) is 6.07 Å². The lowest BCUT2D eigenvalue weighted by Gasteiger charge is -2.28. The number of amides is 1. The molecular weight excluding hydrogens is 214 g/mol. The molecule has 3 nitrogen and oxygen atoms in total. The van der Waals surface area contributed by atoms with E-state index in [1.165, 1.54) is 4.90 Å². The quantitative estimate of drug-likeness (QED) is 0.777. The first-order valence-electron chi connectivity index (χ1n) is 5.04. The van der Waals surface area contributed by atoms with Crippen LogP contribution in [0.1, 0.15) is 15.9 Å². The summed E-state index contributed by atoms with van der Waals surface area (Å²) in [6, 6.07) is 5.05. The number of rotatable bonds is 2. The minimum Gasteiger partial charge on any atom is -0.399 e. The highest BCUT2D eigenvalue weighted by molar-refractivity contribution is 5.97. The Kier molecular flexibility index (Phi) is 2.77. The molecule has 16 heavy (non-hydrogen) atoms. The molecule has 0 aliphatic carbocycles. The fraction of sp³-hybridized carbons (Fsp3) is 0.364. The number of hydrogen-bond donors (Lipinski definition) is 1. The number of nitrogen functional groups attached to an aromatic ring is 1. The van der Waals surface area contributed by atoms with Crippen molar-refractivity contribution in [1.29, 1.82) is 0 Å². The molecule has 5 heteroatoms. The summed E-state index contributed by atoms with van der Waals surface area (Å²) in [5.41, 5.74) is 7.38. The number of nitrogens with two attached hydrogens (primary N) is 1. The maximum absolute atomic E-state index is 12.2. The van der Waals surface area contributed by atoms with Crippen molar-refractivity contribution in [2.75, 3.05) is 18.8 Å². The summed E-state index contributed by atoms with van der Waals surface area (Å²) >= 11 is 0. The average Bonchev–Trinajstić information content (AvgIpc) is 2.22. The number of benzene rings is 1. The van der Waals surface area contributed by atoms with Gasteiger partial charge in [0.1, 0.15) is 0 Å². The van der Waals surface area contributed by atoms with Crippen LogP contribution in [0.2, 0.25) is 0 Å². The Morgan fingerprint density at radius 1 is 1.44 bits per heavy atom. The maximum atomic E-state index is 12.2. The first kappa shape index (κ1) is 10.9. The van der Waals surface area contributed by atoms with Gasteiger partial charge < -0.3 is 10.6 Å². The van der Waals surface area contributed by atoms with Crippen LogP contribution in [0.5, 0.6) is 0 Å². The molecular formula is C11H12F2N2O. The van der Waals surface area contributed by atoms with E-state index in [0.717, 1.165) is 5.56 Å². The molecule has 0 spiro atoms. The van der Waals surface area contributed by atoms with E-state index < -0.39 is 13.0 Å². The van der Waals surface area contributed by atoms with Crippen molar-refractivity contribution in [3.8, 4) is 0 Å². The van der Waals surface area contributed by atoms with Crippen LogP contribution in [0.4, 0.5) is 14.5 Å². The van der Waals surface area contributed by atoms with Crippen LogP contribution in [0, 0.1) is 0 Å². The molecule has 1 heterocycles. The minimum absolute atomic E-state index is 0.347. The predicted octanol–water partition coefficient (Wildman–Crippen LogP) is 1.53. The van der Waals surface area contributed by atoms with Gasteiger partial charge in [-0.15, -0.1) is 0 Å². The Hall–Kier alpha value is -1.65. The fourth-order valence-electron chi connectivity index (χ4n) is 1.88. The third-order valence-corrected chi connectivity index (χ3v) is 2.66. The third kappa shape index (κ3) is 1.98. The Morgan fingerprint density at radius 2 is 2.19 bits per heavy atom. The van der Waals surface area contributed by atoms with Crippen LogP contribution in [0.15, 0.2) is 18.2 Å². The van der Waals surface area contributed by atoms with Crippen LogP contribution < -0.4 is 5.73 Å². The van der Waals surface area contributed by atoms with Crippen molar-refractivity contribution < 1.29 is 13.6 Å². The standard InChI is InChI=1S/C11H12F2N2O/c12-10(13)6-15-4-3-7-1-2-8(14)5-9(7)11(15)16/h1-2,5,10H,3-4,6,14H2. The zero-order valence-electron chi connectivity index (χ0n) is 8.62. The van der Waals surface area contributed by atoms with E-state index in [1.54, 1.807) is 18.2 Å². The summed E-state index contributed by atoms with van der Waals surface area (Å²) in [5.74, 6) is -0.353. The summed E-state index contributed by atoms with van der Waals surface area (Å²) in [6.45, 7) is -0.160. The average molecular weight is 226 g/mol. The van der Waals surface area contributed by atoms with Crippen molar-refractivity contribution in [2.45, 2.75) is 12.8 Å². The van der Waals surface area contributed by atoms with Crippen molar-refractivity contribution in [3.63, 3.8) is 0 Å². The third-order valence-electron chi connectivity index (χ3n) is 2.66. The molecule has 0 unspecified atom stereocenters. The van der Waals surface area contributed by atoms with Gasteiger partial charge in [-0.2, -0.15) is 0 Å². The largest absolute Gasteiger partial charge is 0.399 e. The summed E-state index contributed by atoms with van der Waals surface area (Å²) in [6.07, 6.45) is -1.89. The lowest BCUT2D eigenvalue weighted by molar-refractivity contribution is 0.0538. The normalized spacial score (nSPS) is 15.4. The van der Waals surface area contributed by atoms with Crippen molar-refractivity contribution in [3.05, 3.63) is 29.3 Å². The number of carbonyl (C=O) groups is 1. The number of carbonyl (C=O) groups excluding carboxylic acids is 1. The molecule has 1 aliphatic rings. The van der Waals surface area contributed by atoms with Gasteiger partial charge in [0.15, 0.2) is 0 Å². The molecule has 2 N–H and O–H groups in total. The molecule has 1 aliphatic heterocycles. The Morgan fingerprint density at radius 3 is 2.88 bits per heavy atom. The number of halogens is 2. The zero-order valence-corrected chi connectivity index (χ0v) is 8.62. The number of fused-ring (bicyclic) bond motifs is 1. The van der Waals surface area contributed by atoms with Crippen molar-refractivity contribution in [2.24, 2.45) is 0 Å². The van der Waals surface area contributed by atoms with Crippen LogP contribution in [-0.2, 0) is 6.42 Å². The zero-order chi connectivity index (χ0) is 11.7. The Balaban J connectivity index is 2.27. The van der Waals surface area contributed by atoms with Gasteiger partial charge in [-0.05, 0) is 24.1 Å². The van der Waals surface area contributed by atoms with Crippen molar-refractivity contribution >= 4 is 11.6 Å². The summed E-state index contributed by atoms with van der Waals surface area (Å²) in [4.78, 5) is 13.0. The number of nitrogens with zero attached hydrogens (tertiary/aromatic N) is 1. The second-order valence-electron chi connectivity index (χ2n) is 3.81. The second-order valence-corrected chi connectivity index (χ2v) is 3.81. The first-order chi connectivity index (χ1) is 7.58. The van der Waals surface area contributed by atoms with Gasteiger partial charge >= 0.3 is 0 Å². The van der Waals surface area contributed by atoms with E-state index in [4.69, 9.17) is 5.73 Å². The molecule has 86 valence electrons. The molecule has 1 amide bonds. The molecule has 0 atom stereocenters. The molecule has 2 rings (SSSR count). The van der Waals surface area contributed by atoms with Gasteiger partial charge in [0.25, 0.3) is 12.3 Å². The van der Waals surface area contributed by atoms with E-state index in [-0.39, 0.29) is 5.91 Å². The fourth-order valence-corrected chi connectivity index (χ4v) is 1.88. The molecule has 0 saturated heterocycles. The highest BCUT2D eigenvalue weighted by Crippen LogP contribution is 2.21. The Labute approximate surface area is 91.8 Å². The minimum atomic E-state index is -2.49. The molecule has 1 aromatic rings. The topological polar surface area (TPSA) is 46.3 Å². The maximum Gasteiger partial charge on any atom is 0.255 e. The van der Waals surface area contributed by atoms with Gasteiger partial charge in [0, 0.05) is 17.8 Å². The van der Waals surface area contributed by atoms with Crippen LogP contribution in [0.3, 0.4) is 0 Å². The van der Waals surface area contributed by atoms with Gasteiger partial charge in [0.05, 0.1) is 6.54 Å². The van der Waals surface area contributed by atoms with E-state index in [9.17, 15) is 13.6 Å². The smallest absolute Gasteiger partial charge is 0.255 e. The Bertz CT molecular complexity index is 420. The molecule has 0 fully saturated rings. The van der Waals surface area contributed by atoms with E-state index >= 15 is 0 Å². The van der Waals surface area contributed by atoms with Crippen LogP contribution in [0.25, 0.3) is 0 Å². The summed E-state index contributed by atoms with van der Waals surface area (Å²) in [7, 11) is 0. The number of alkyl halides is 2. The molecule has 0 aromatic heterocycles. The first-order valence-corrected chi connectivity index (χ1v) is 5.04. The molecule has 0 radical (unpaired) electrons.